The molecule has 114 valence electrons. The van der Waals surface area contributed by atoms with Crippen LogP contribution in [0.1, 0.15) is 25.1 Å². The van der Waals surface area contributed by atoms with Gasteiger partial charge in [-0.3, -0.25) is 0 Å². The Morgan fingerprint density at radius 1 is 1.43 bits per heavy atom. The maximum atomic E-state index is 12.2. The Kier molecular flexibility index (Phi) is 4.58. The predicted octanol–water partition coefficient (Wildman–Crippen LogP) is 3.94. The number of aromatic nitrogens is 2. The molecule has 0 spiro atoms. The van der Waals surface area contributed by atoms with Crippen LogP contribution in [-0.2, 0) is 0 Å². The number of nitrogens with zero attached hydrogens (tertiary/aromatic N) is 2. The predicted molar refractivity (Wildman–Crippen MR) is 75.2 cm³/mol. The molecule has 0 radical (unpaired) electrons. The van der Waals surface area contributed by atoms with E-state index in [1.807, 2.05) is 6.92 Å². The smallest absolute Gasteiger partial charge is 0.405 e. The minimum absolute atomic E-state index is 0.196. The third-order valence-corrected chi connectivity index (χ3v) is 3.53. The molecular formula is C13H13BrF3N3O. The molecule has 0 amide bonds. The van der Waals surface area contributed by atoms with Crippen LogP contribution in [0.15, 0.2) is 35.2 Å². The number of benzene rings is 1. The van der Waals surface area contributed by atoms with E-state index in [9.17, 15) is 13.2 Å². The molecule has 0 saturated carbocycles. The van der Waals surface area contributed by atoms with Crippen molar-refractivity contribution in [3.05, 3.63) is 40.9 Å². The van der Waals surface area contributed by atoms with Gasteiger partial charge in [0, 0.05) is 11.7 Å². The van der Waals surface area contributed by atoms with Gasteiger partial charge < -0.3 is 15.0 Å². The molecule has 0 saturated heterocycles. The molecule has 1 aromatic heterocycles. The zero-order valence-electron chi connectivity index (χ0n) is 11.1. The molecule has 0 aliphatic rings. The van der Waals surface area contributed by atoms with Crippen LogP contribution in [-0.4, -0.2) is 15.9 Å². The van der Waals surface area contributed by atoms with Gasteiger partial charge in [-0.05, 0) is 40.5 Å². The maximum absolute atomic E-state index is 12.2. The summed E-state index contributed by atoms with van der Waals surface area (Å²) in [5.41, 5.74) is 7.41. The lowest BCUT2D eigenvalue weighted by Gasteiger charge is -2.15. The van der Waals surface area contributed by atoms with Gasteiger partial charge in [0.25, 0.3) is 0 Å². The van der Waals surface area contributed by atoms with Gasteiger partial charge in [-0.15, -0.1) is 13.2 Å². The van der Waals surface area contributed by atoms with Gasteiger partial charge in [-0.25, -0.2) is 4.98 Å². The molecule has 0 fully saturated rings. The average Bonchev–Trinajstić information content (AvgIpc) is 2.88. The van der Waals surface area contributed by atoms with Crippen LogP contribution in [0.25, 0.3) is 5.69 Å². The zero-order chi connectivity index (χ0) is 15.6. The molecule has 0 bridgehead atoms. The van der Waals surface area contributed by atoms with Gasteiger partial charge in [0.15, 0.2) is 0 Å². The van der Waals surface area contributed by atoms with Crippen LogP contribution in [0, 0.1) is 0 Å². The number of rotatable bonds is 4. The lowest BCUT2D eigenvalue weighted by molar-refractivity contribution is -0.274. The van der Waals surface area contributed by atoms with Crippen LogP contribution < -0.4 is 10.5 Å². The van der Waals surface area contributed by atoms with Gasteiger partial charge in [0.1, 0.15) is 5.75 Å². The fraction of sp³-hybridized carbons (Fsp3) is 0.308. The van der Waals surface area contributed by atoms with E-state index in [-0.39, 0.29) is 16.3 Å². The molecule has 8 heteroatoms. The molecule has 2 aromatic rings. The Hall–Kier alpha value is -1.54. The maximum Gasteiger partial charge on any atom is 0.573 e. The summed E-state index contributed by atoms with van der Waals surface area (Å²) < 4.78 is 42.5. The first-order chi connectivity index (χ1) is 9.81. The third kappa shape index (κ3) is 3.76. The number of imidazole rings is 1. The SMILES string of the molecule is CC[C@@H](N)c1cncn1-c1ccc(OC(F)(F)F)c(Br)c1. The minimum atomic E-state index is -4.73. The van der Waals surface area contributed by atoms with E-state index in [0.29, 0.717) is 5.69 Å². The zero-order valence-corrected chi connectivity index (χ0v) is 12.6. The normalized spacial score (nSPS) is 13.2. The summed E-state index contributed by atoms with van der Waals surface area (Å²) in [6, 6.07) is 4.08. The van der Waals surface area contributed by atoms with E-state index < -0.39 is 6.36 Å². The second-order valence-corrected chi connectivity index (χ2v) is 5.22. The highest BCUT2D eigenvalue weighted by atomic mass is 79.9. The van der Waals surface area contributed by atoms with Crippen LogP contribution in [0.4, 0.5) is 13.2 Å². The Morgan fingerprint density at radius 2 is 2.14 bits per heavy atom. The first-order valence-corrected chi connectivity index (χ1v) is 6.94. The fourth-order valence-electron chi connectivity index (χ4n) is 1.85. The summed E-state index contributed by atoms with van der Waals surface area (Å²) in [7, 11) is 0. The van der Waals surface area contributed by atoms with E-state index in [1.165, 1.54) is 18.2 Å². The lowest BCUT2D eigenvalue weighted by atomic mass is 10.2. The number of nitrogens with two attached hydrogens (primary N) is 1. The summed E-state index contributed by atoms with van der Waals surface area (Å²) in [6.45, 7) is 1.94. The van der Waals surface area contributed by atoms with Crippen LogP contribution in [0.5, 0.6) is 5.75 Å². The molecule has 2 rings (SSSR count). The van der Waals surface area contributed by atoms with Crippen molar-refractivity contribution in [1.29, 1.82) is 0 Å². The highest BCUT2D eigenvalue weighted by Crippen LogP contribution is 2.32. The van der Waals surface area contributed by atoms with Crippen molar-refractivity contribution in [1.82, 2.24) is 9.55 Å². The van der Waals surface area contributed by atoms with E-state index in [0.717, 1.165) is 12.1 Å². The third-order valence-electron chi connectivity index (χ3n) is 2.91. The van der Waals surface area contributed by atoms with E-state index in [4.69, 9.17) is 5.73 Å². The number of hydrogen-bond donors (Lipinski definition) is 1. The van der Waals surface area contributed by atoms with Crippen molar-refractivity contribution in [3.63, 3.8) is 0 Å². The van der Waals surface area contributed by atoms with Gasteiger partial charge in [0.2, 0.25) is 0 Å². The van der Waals surface area contributed by atoms with Crippen LogP contribution in [0.3, 0.4) is 0 Å². The molecule has 0 unspecified atom stereocenters. The summed E-state index contributed by atoms with van der Waals surface area (Å²) in [4.78, 5) is 4.04. The van der Waals surface area contributed by atoms with Gasteiger partial charge >= 0.3 is 6.36 Å². The number of hydrogen-bond acceptors (Lipinski definition) is 3. The molecule has 1 aromatic carbocycles. The quantitative estimate of drug-likeness (QED) is 0.894. The lowest BCUT2D eigenvalue weighted by Crippen LogP contribution is -2.17. The molecule has 1 atom stereocenters. The molecular weight excluding hydrogens is 351 g/mol. The highest BCUT2D eigenvalue weighted by Gasteiger charge is 2.32. The van der Waals surface area contributed by atoms with Gasteiger partial charge in [-0.1, -0.05) is 6.92 Å². The van der Waals surface area contributed by atoms with Crippen molar-refractivity contribution in [2.24, 2.45) is 5.73 Å². The first kappa shape index (κ1) is 15.8. The topological polar surface area (TPSA) is 53.1 Å². The Labute approximate surface area is 127 Å². The minimum Gasteiger partial charge on any atom is -0.405 e. The van der Waals surface area contributed by atoms with Gasteiger partial charge in [-0.2, -0.15) is 0 Å². The van der Waals surface area contributed by atoms with Crippen molar-refractivity contribution < 1.29 is 17.9 Å². The number of halogens is 4. The first-order valence-electron chi connectivity index (χ1n) is 6.15. The van der Waals surface area contributed by atoms with Crippen molar-refractivity contribution in [3.8, 4) is 11.4 Å². The summed E-state index contributed by atoms with van der Waals surface area (Å²) in [5.74, 6) is -0.298. The van der Waals surface area contributed by atoms with Crippen LogP contribution >= 0.6 is 15.9 Å². The van der Waals surface area contributed by atoms with E-state index >= 15 is 0 Å². The van der Waals surface area contributed by atoms with Gasteiger partial charge in [0.05, 0.1) is 22.7 Å². The van der Waals surface area contributed by atoms with Crippen LogP contribution in [0.2, 0.25) is 0 Å². The number of ether oxygens (including phenoxy) is 1. The van der Waals surface area contributed by atoms with Crippen molar-refractivity contribution in [2.45, 2.75) is 25.7 Å². The standard InChI is InChI=1S/C13H13BrF3N3O/c1-2-10(18)11-6-19-7-20(11)8-3-4-12(9(14)5-8)21-13(15,16)17/h3-7,10H,2,18H2,1H3/t10-/m1/s1. The monoisotopic (exact) mass is 363 g/mol. The summed E-state index contributed by atoms with van der Waals surface area (Å²) in [5, 5.41) is 0. The molecule has 0 aliphatic heterocycles. The molecule has 2 N–H and O–H groups in total. The second-order valence-electron chi connectivity index (χ2n) is 4.37. The number of alkyl halides is 3. The molecule has 0 aliphatic carbocycles. The summed E-state index contributed by atoms with van der Waals surface area (Å²) >= 11 is 3.07. The largest absolute Gasteiger partial charge is 0.573 e. The fourth-order valence-corrected chi connectivity index (χ4v) is 2.30. The van der Waals surface area contributed by atoms with E-state index in [1.54, 1.807) is 17.1 Å². The van der Waals surface area contributed by atoms with Crippen molar-refractivity contribution in [2.75, 3.05) is 0 Å². The Bertz CT molecular complexity index is 627. The average molecular weight is 364 g/mol. The Morgan fingerprint density at radius 3 is 2.71 bits per heavy atom. The van der Waals surface area contributed by atoms with Crippen molar-refractivity contribution >= 4 is 15.9 Å². The highest BCUT2D eigenvalue weighted by molar-refractivity contribution is 9.10. The molecule has 4 nitrogen and oxygen atoms in total. The van der Waals surface area contributed by atoms with E-state index in [2.05, 4.69) is 25.7 Å². The molecule has 21 heavy (non-hydrogen) atoms. The molecule has 1 heterocycles. The Balaban J connectivity index is 2.35. The summed E-state index contributed by atoms with van der Waals surface area (Å²) in [6.07, 6.45) is -0.796. The second kappa shape index (κ2) is 6.07.